The lowest BCUT2D eigenvalue weighted by Crippen LogP contribution is -2.36. The molecule has 3 aromatic heterocycles. The minimum Gasteiger partial charge on any atom is -0.378 e. The maximum Gasteiger partial charge on any atom is 0.130 e. The second-order valence-corrected chi connectivity index (χ2v) is 7.57. The van der Waals surface area contributed by atoms with E-state index in [0.29, 0.717) is 13.2 Å². The van der Waals surface area contributed by atoms with Crippen molar-refractivity contribution in [1.29, 1.82) is 0 Å². The Bertz CT molecular complexity index is 1170. The van der Waals surface area contributed by atoms with Crippen LogP contribution < -0.4 is 9.80 Å². The van der Waals surface area contributed by atoms with Crippen molar-refractivity contribution in [3.8, 4) is 22.5 Å². The van der Waals surface area contributed by atoms with Crippen LogP contribution in [0.2, 0.25) is 0 Å². The van der Waals surface area contributed by atoms with E-state index in [1.54, 1.807) is 6.20 Å². The fourth-order valence-corrected chi connectivity index (χ4v) is 3.99. The van der Waals surface area contributed by atoms with Crippen molar-refractivity contribution in [2.24, 2.45) is 0 Å². The summed E-state index contributed by atoms with van der Waals surface area (Å²) >= 11 is 0. The van der Waals surface area contributed by atoms with Gasteiger partial charge in [0.1, 0.15) is 17.0 Å². The molecule has 0 bridgehead atoms. The number of aromatic amines is 1. The van der Waals surface area contributed by atoms with Gasteiger partial charge >= 0.3 is 0 Å². The second kappa shape index (κ2) is 7.76. The van der Waals surface area contributed by atoms with Crippen LogP contribution in [0.4, 0.5) is 11.5 Å². The third kappa shape index (κ3) is 3.27. The predicted octanol–water partition coefficient (Wildman–Crippen LogP) is 3.59. The predicted molar refractivity (Wildman–Crippen MR) is 120 cm³/mol. The highest BCUT2D eigenvalue weighted by atomic mass is 16.5. The summed E-state index contributed by atoms with van der Waals surface area (Å²) in [5.74, 6) is 0.947. The highest BCUT2D eigenvalue weighted by Gasteiger charge is 2.20. The molecule has 152 valence electrons. The number of fused-ring (bicyclic) bond motifs is 1. The van der Waals surface area contributed by atoms with E-state index >= 15 is 0 Å². The number of aromatic nitrogens is 4. The SMILES string of the molecule is CN(C)c1ccccc1-c1cc(N2CCOCC2)nc2c(-c3ccn[nH]3)nccc12. The standard InChI is InChI=1S/C23H24N6O/c1-28(2)20-6-4-3-5-16(20)18-15-21(29-11-13-30-14-12-29)26-22-17(18)7-9-24-23(22)19-8-10-25-27-19/h3-10,15H,11-14H2,1-2H3,(H,25,27). The molecule has 5 rings (SSSR count). The third-order valence-corrected chi connectivity index (χ3v) is 5.48. The smallest absolute Gasteiger partial charge is 0.130 e. The Morgan fingerprint density at radius 1 is 1.00 bits per heavy atom. The van der Waals surface area contributed by atoms with Crippen LogP contribution in [-0.2, 0) is 4.74 Å². The lowest BCUT2D eigenvalue weighted by Gasteiger charge is -2.29. The van der Waals surface area contributed by atoms with Crippen molar-refractivity contribution in [1.82, 2.24) is 20.2 Å². The summed E-state index contributed by atoms with van der Waals surface area (Å²) in [6, 6.07) is 14.7. The van der Waals surface area contributed by atoms with Gasteiger partial charge in [-0.15, -0.1) is 0 Å². The first-order chi connectivity index (χ1) is 14.7. The molecule has 1 N–H and O–H groups in total. The normalized spacial score (nSPS) is 14.3. The molecule has 1 aliphatic heterocycles. The topological polar surface area (TPSA) is 70.2 Å². The highest BCUT2D eigenvalue weighted by molar-refractivity contribution is 6.03. The van der Waals surface area contributed by atoms with Crippen molar-refractivity contribution in [3.05, 3.63) is 54.9 Å². The molecule has 0 atom stereocenters. The maximum absolute atomic E-state index is 5.56. The summed E-state index contributed by atoms with van der Waals surface area (Å²) < 4.78 is 5.56. The molecule has 0 unspecified atom stereocenters. The van der Waals surface area contributed by atoms with E-state index in [2.05, 4.69) is 69.4 Å². The largest absolute Gasteiger partial charge is 0.378 e. The molecule has 0 saturated carbocycles. The van der Waals surface area contributed by atoms with Crippen molar-refractivity contribution in [2.45, 2.75) is 0 Å². The molecule has 0 radical (unpaired) electrons. The number of pyridine rings is 2. The quantitative estimate of drug-likeness (QED) is 0.565. The van der Waals surface area contributed by atoms with E-state index in [0.717, 1.165) is 52.4 Å². The van der Waals surface area contributed by atoms with Gasteiger partial charge in [-0.2, -0.15) is 5.10 Å². The summed E-state index contributed by atoms with van der Waals surface area (Å²) in [5.41, 5.74) is 6.02. The average Bonchev–Trinajstić information content (AvgIpc) is 3.33. The Balaban J connectivity index is 1.80. The van der Waals surface area contributed by atoms with E-state index in [1.165, 1.54) is 5.56 Å². The lowest BCUT2D eigenvalue weighted by atomic mass is 9.98. The maximum atomic E-state index is 5.56. The zero-order chi connectivity index (χ0) is 20.5. The van der Waals surface area contributed by atoms with Crippen molar-refractivity contribution >= 4 is 22.4 Å². The number of para-hydroxylation sites is 1. The van der Waals surface area contributed by atoms with Crippen LogP contribution >= 0.6 is 0 Å². The van der Waals surface area contributed by atoms with E-state index < -0.39 is 0 Å². The van der Waals surface area contributed by atoms with Crippen molar-refractivity contribution < 1.29 is 4.74 Å². The Kier molecular flexibility index (Phi) is 4.80. The number of hydrogen-bond donors (Lipinski definition) is 1. The van der Waals surface area contributed by atoms with Crippen molar-refractivity contribution in [3.63, 3.8) is 0 Å². The van der Waals surface area contributed by atoms with Gasteiger partial charge in [-0.05, 0) is 29.8 Å². The number of nitrogens with one attached hydrogen (secondary N) is 1. The number of morpholine rings is 1. The number of rotatable bonds is 4. The van der Waals surface area contributed by atoms with Gasteiger partial charge in [0.2, 0.25) is 0 Å². The van der Waals surface area contributed by atoms with Crippen LogP contribution in [-0.4, -0.2) is 60.6 Å². The van der Waals surface area contributed by atoms with Gasteiger partial charge in [0, 0.05) is 56.2 Å². The van der Waals surface area contributed by atoms with Crippen LogP contribution in [0, 0.1) is 0 Å². The van der Waals surface area contributed by atoms with Gasteiger partial charge in [0.15, 0.2) is 0 Å². The average molecular weight is 400 g/mol. The van der Waals surface area contributed by atoms with Crippen LogP contribution in [0.15, 0.2) is 54.9 Å². The number of benzene rings is 1. The van der Waals surface area contributed by atoms with E-state index in [1.807, 2.05) is 18.3 Å². The van der Waals surface area contributed by atoms with Crippen LogP contribution in [0.1, 0.15) is 0 Å². The lowest BCUT2D eigenvalue weighted by molar-refractivity contribution is 0.122. The Morgan fingerprint density at radius 2 is 1.83 bits per heavy atom. The van der Waals surface area contributed by atoms with Gasteiger partial charge in [-0.1, -0.05) is 18.2 Å². The van der Waals surface area contributed by atoms with Gasteiger partial charge in [-0.3, -0.25) is 10.1 Å². The number of anilines is 2. The molecule has 0 aliphatic carbocycles. The first kappa shape index (κ1) is 18.6. The minimum atomic E-state index is 0.712. The zero-order valence-corrected chi connectivity index (χ0v) is 17.2. The molecule has 7 heteroatoms. The summed E-state index contributed by atoms with van der Waals surface area (Å²) in [4.78, 5) is 14.1. The molecule has 4 aromatic rings. The summed E-state index contributed by atoms with van der Waals surface area (Å²) in [6.07, 6.45) is 3.58. The van der Waals surface area contributed by atoms with Crippen LogP contribution in [0.5, 0.6) is 0 Å². The molecule has 0 amide bonds. The summed E-state index contributed by atoms with van der Waals surface area (Å²) in [7, 11) is 4.14. The van der Waals surface area contributed by atoms with E-state index in [4.69, 9.17) is 9.72 Å². The van der Waals surface area contributed by atoms with Gasteiger partial charge in [0.25, 0.3) is 0 Å². The molecule has 0 spiro atoms. The monoisotopic (exact) mass is 400 g/mol. The molecule has 1 fully saturated rings. The minimum absolute atomic E-state index is 0.712. The first-order valence-electron chi connectivity index (χ1n) is 10.1. The third-order valence-electron chi connectivity index (χ3n) is 5.48. The molecule has 1 aromatic carbocycles. The van der Waals surface area contributed by atoms with E-state index in [-0.39, 0.29) is 0 Å². The Labute approximate surface area is 175 Å². The zero-order valence-electron chi connectivity index (χ0n) is 17.2. The van der Waals surface area contributed by atoms with Gasteiger partial charge in [0.05, 0.1) is 18.9 Å². The molecule has 30 heavy (non-hydrogen) atoms. The molecule has 7 nitrogen and oxygen atoms in total. The van der Waals surface area contributed by atoms with Crippen molar-refractivity contribution in [2.75, 3.05) is 50.2 Å². The number of nitrogens with zero attached hydrogens (tertiary/aromatic N) is 5. The second-order valence-electron chi connectivity index (χ2n) is 7.57. The van der Waals surface area contributed by atoms with Gasteiger partial charge < -0.3 is 14.5 Å². The number of H-pyrrole nitrogens is 1. The summed E-state index contributed by atoms with van der Waals surface area (Å²) in [5, 5.41) is 8.22. The van der Waals surface area contributed by atoms with Crippen LogP contribution in [0.3, 0.4) is 0 Å². The molecule has 4 heterocycles. The summed E-state index contributed by atoms with van der Waals surface area (Å²) in [6.45, 7) is 3.08. The molecule has 1 saturated heterocycles. The molecule has 1 aliphatic rings. The number of ether oxygens (including phenoxy) is 1. The first-order valence-corrected chi connectivity index (χ1v) is 10.1. The Morgan fingerprint density at radius 3 is 2.60 bits per heavy atom. The fraction of sp³-hybridized carbons (Fsp3) is 0.261. The highest BCUT2D eigenvalue weighted by Crippen LogP contribution is 2.38. The molecular formula is C23H24N6O. The van der Waals surface area contributed by atoms with Crippen LogP contribution in [0.25, 0.3) is 33.4 Å². The number of hydrogen-bond acceptors (Lipinski definition) is 6. The fourth-order valence-electron chi connectivity index (χ4n) is 3.99. The Hall–Kier alpha value is -3.45. The van der Waals surface area contributed by atoms with E-state index in [9.17, 15) is 0 Å². The molecular weight excluding hydrogens is 376 g/mol. The van der Waals surface area contributed by atoms with Gasteiger partial charge in [-0.25, -0.2) is 4.98 Å².